The van der Waals surface area contributed by atoms with Gasteiger partial charge in [0.2, 0.25) is 0 Å². The SMILES string of the molecule is CC.CC1N=C(c2ccccc2)N(C)C(c2ccccc2)N1. The summed E-state index contributed by atoms with van der Waals surface area (Å²) >= 11 is 0. The molecule has 2 aromatic carbocycles. The summed E-state index contributed by atoms with van der Waals surface area (Å²) < 4.78 is 0. The molecule has 1 heterocycles. The minimum absolute atomic E-state index is 0.103. The van der Waals surface area contributed by atoms with E-state index in [1.165, 1.54) is 5.56 Å². The number of nitrogens with zero attached hydrogens (tertiary/aromatic N) is 2. The van der Waals surface area contributed by atoms with Crippen molar-refractivity contribution in [2.75, 3.05) is 7.05 Å². The van der Waals surface area contributed by atoms with E-state index in [1.807, 2.05) is 26.0 Å². The number of rotatable bonds is 2. The lowest BCUT2D eigenvalue weighted by atomic mass is 10.1. The first kappa shape index (κ1) is 16.2. The molecule has 0 radical (unpaired) electrons. The molecule has 22 heavy (non-hydrogen) atoms. The molecule has 3 nitrogen and oxygen atoms in total. The quantitative estimate of drug-likeness (QED) is 0.905. The van der Waals surface area contributed by atoms with Crippen LogP contribution in [0.25, 0.3) is 0 Å². The van der Waals surface area contributed by atoms with Crippen molar-refractivity contribution >= 4 is 5.84 Å². The van der Waals surface area contributed by atoms with Crippen molar-refractivity contribution in [3.05, 3.63) is 71.8 Å². The van der Waals surface area contributed by atoms with Crippen molar-refractivity contribution in [2.45, 2.75) is 33.1 Å². The lowest BCUT2D eigenvalue weighted by molar-refractivity contribution is 0.263. The number of amidine groups is 1. The van der Waals surface area contributed by atoms with Gasteiger partial charge in [-0.25, -0.2) is 4.99 Å². The van der Waals surface area contributed by atoms with Crippen molar-refractivity contribution in [2.24, 2.45) is 4.99 Å². The average molecular weight is 295 g/mol. The molecule has 2 atom stereocenters. The maximum Gasteiger partial charge on any atom is 0.133 e. The van der Waals surface area contributed by atoms with Crippen LogP contribution >= 0.6 is 0 Å². The molecule has 1 N–H and O–H groups in total. The molecule has 2 aromatic rings. The smallest absolute Gasteiger partial charge is 0.133 e. The molecule has 0 fully saturated rings. The topological polar surface area (TPSA) is 27.6 Å². The van der Waals surface area contributed by atoms with Crippen LogP contribution < -0.4 is 5.32 Å². The number of hydrogen-bond acceptors (Lipinski definition) is 3. The van der Waals surface area contributed by atoms with Crippen molar-refractivity contribution < 1.29 is 0 Å². The van der Waals surface area contributed by atoms with Crippen LogP contribution in [0.15, 0.2) is 65.7 Å². The molecule has 0 amide bonds. The molecule has 2 unspecified atom stereocenters. The van der Waals surface area contributed by atoms with Crippen LogP contribution in [0.1, 0.15) is 38.1 Å². The fraction of sp³-hybridized carbons (Fsp3) is 0.316. The summed E-state index contributed by atoms with van der Waals surface area (Å²) in [6.07, 6.45) is 0.255. The second kappa shape index (κ2) is 7.76. The van der Waals surface area contributed by atoms with Gasteiger partial charge in [0, 0.05) is 12.6 Å². The van der Waals surface area contributed by atoms with Crippen LogP contribution in [0, 0.1) is 0 Å². The third-order valence-electron chi connectivity index (χ3n) is 3.58. The summed E-state index contributed by atoms with van der Waals surface area (Å²) in [5.74, 6) is 1.03. The molecule has 0 aliphatic carbocycles. The summed E-state index contributed by atoms with van der Waals surface area (Å²) in [5, 5.41) is 3.52. The maximum atomic E-state index is 4.74. The Balaban J connectivity index is 0.000000847. The molecule has 0 bridgehead atoms. The molecular formula is C19H25N3. The van der Waals surface area contributed by atoms with E-state index in [0.29, 0.717) is 0 Å². The minimum Gasteiger partial charge on any atom is -0.340 e. The second-order valence-electron chi connectivity index (χ2n) is 5.09. The third kappa shape index (κ3) is 3.55. The van der Waals surface area contributed by atoms with Gasteiger partial charge in [0.1, 0.15) is 18.2 Å². The van der Waals surface area contributed by atoms with E-state index in [1.54, 1.807) is 0 Å². The fourth-order valence-electron chi connectivity index (χ4n) is 2.59. The van der Waals surface area contributed by atoms with Gasteiger partial charge in [-0.1, -0.05) is 74.5 Å². The van der Waals surface area contributed by atoms with Crippen LogP contribution in [-0.4, -0.2) is 23.9 Å². The Morgan fingerprint density at radius 1 is 0.909 bits per heavy atom. The highest BCUT2D eigenvalue weighted by Gasteiger charge is 2.26. The summed E-state index contributed by atoms with van der Waals surface area (Å²) in [5.41, 5.74) is 2.41. The fourth-order valence-corrected chi connectivity index (χ4v) is 2.59. The molecule has 0 spiro atoms. The Morgan fingerprint density at radius 2 is 1.45 bits per heavy atom. The second-order valence-corrected chi connectivity index (χ2v) is 5.09. The molecule has 0 saturated heterocycles. The predicted molar refractivity (Wildman–Crippen MR) is 93.9 cm³/mol. The lowest BCUT2D eigenvalue weighted by Gasteiger charge is -2.38. The van der Waals surface area contributed by atoms with Crippen molar-refractivity contribution in [1.29, 1.82) is 0 Å². The van der Waals surface area contributed by atoms with Gasteiger partial charge in [0.15, 0.2) is 0 Å². The maximum absolute atomic E-state index is 4.74. The van der Waals surface area contributed by atoms with Crippen LogP contribution in [0.2, 0.25) is 0 Å². The average Bonchev–Trinajstić information content (AvgIpc) is 2.60. The molecule has 1 aliphatic heterocycles. The molecule has 1 aliphatic rings. The van der Waals surface area contributed by atoms with Crippen LogP contribution in [0.4, 0.5) is 0 Å². The molecule has 116 valence electrons. The zero-order valence-electron chi connectivity index (χ0n) is 13.8. The minimum atomic E-state index is 0.103. The van der Waals surface area contributed by atoms with Crippen LogP contribution in [0.5, 0.6) is 0 Å². The Labute approximate surface area is 133 Å². The zero-order chi connectivity index (χ0) is 15.9. The number of nitrogens with one attached hydrogen (secondary N) is 1. The van der Waals surface area contributed by atoms with E-state index in [4.69, 9.17) is 4.99 Å². The monoisotopic (exact) mass is 295 g/mol. The van der Waals surface area contributed by atoms with Gasteiger partial charge in [-0.3, -0.25) is 5.32 Å². The number of hydrogen-bond donors (Lipinski definition) is 1. The summed E-state index contributed by atoms with van der Waals surface area (Å²) in [6, 6.07) is 20.8. The van der Waals surface area contributed by atoms with Crippen molar-refractivity contribution in [3.63, 3.8) is 0 Å². The van der Waals surface area contributed by atoms with Crippen molar-refractivity contribution in [3.8, 4) is 0 Å². The van der Waals surface area contributed by atoms with E-state index in [-0.39, 0.29) is 12.3 Å². The zero-order valence-corrected chi connectivity index (χ0v) is 13.8. The highest BCUT2D eigenvalue weighted by molar-refractivity contribution is 5.99. The molecule has 0 aromatic heterocycles. The number of benzene rings is 2. The van der Waals surface area contributed by atoms with E-state index < -0.39 is 0 Å². The normalized spacial score (nSPS) is 20.7. The lowest BCUT2D eigenvalue weighted by Crippen LogP contribution is -2.48. The van der Waals surface area contributed by atoms with E-state index in [9.17, 15) is 0 Å². The van der Waals surface area contributed by atoms with E-state index >= 15 is 0 Å². The highest BCUT2D eigenvalue weighted by Crippen LogP contribution is 2.23. The predicted octanol–water partition coefficient (Wildman–Crippen LogP) is 4.04. The van der Waals surface area contributed by atoms with E-state index in [0.717, 1.165) is 11.4 Å². The Bertz CT molecular complexity index is 593. The van der Waals surface area contributed by atoms with Gasteiger partial charge >= 0.3 is 0 Å². The van der Waals surface area contributed by atoms with Gasteiger partial charge < -0.3 is 4.90 Å². The van der Waals surface area contributed by atoms with Crippen LogP contribution in [-0.2, 0) is 0 Å². The van der Waals surface area contributed by atoms with Crippen molar-refractivity contribution in [1.82, 2.24) is 10.2 Å². The standard InChI is InChI=1S/C17H19N3.C2H6/c1-13-18-16(14-9-5-3-6-10-14)20(2)17(19-13)15-11-7-4-8-12-15;1-2/h3-13,16,18H,1-2H3;1-2H3. The summed E-state index contributed by atoms with van der Waals surface area (Å²) in [4.78, 5) is 6.94. The molecule has 3 rings (SSSR count). The summed E-state index contributed by atoms with van der Waals surface area (Å²) in [6.45, 7) is 6.09. The van der Waals surface area contributed by atoms with E-state index in [2.05, 4.69) is 72.7 Å². The molecular weight excluding hydrogens is 270 g/mol. The number of aliphatic imine (C=N–C) groups is 1. The first-order chi connectivity index (χ1) is 10.8. The highest BCUT2D eigenvalue weighted by atomic mass is 15.4. The summed E-state index contributed by atoms with van der Waals surface area (Å²) in [7, 11) is 2.09. The van der Waals surface area contributed by atoms with Crippen LogP contribution in [0.3, 0.4) is 0 Å². The van der Waals surface area contributed by atoms with Gasteiger partial charge in [-0.15, -0.1) is 0 Å². The van der Waals surface area contributed by atoms with Gasteiger partial charge in [0.25, 0.3) is 0 Å². The van der Waals surface area contributed by atoms with Gasteiger partial charge in [-0.05, 0) is 12.5 Å². The third-order valence-corrected chi connectivity index (χ3v) is 3.58. The largest absolute Gasteiger partial charge is 0.340 e. The first-order valence-electron chi connectivity index (χ1n) is 7.93. The first-order valence-corrected chi connectivity index (χ1v) is 7.93. The molecule has 3 heteroatoms. The Hall–Kier alpha value is -2.13. The Morgan fingerprint density at radius 3 is 2.05 bits per heavy atom. The molecule has 0 saturated carbocycles. The Kier molecular flexibility index (Phi) is 5.73. The van der Waals surface area contributed by atoms with Gasteiger partial charge in [-0.2, -0.15) is 0 Å². The van der Waals surface area contributed by atoms with Gasteiger partial charge in [0.05, 0.1) is 0 Å².